The first-order valence-electron chi connectivity index (χ1n) is 6.26. The molecule has 0 aliphatic heterocycles. The van der Waals surface area contributed by atoms with E-state index in [4.69, 9.17) is 0 Å². The van der Waals surface area contributed by atoms with Crippen molar-refractivity contribution in [2.45, 2.75) is 25.2 Å². The lowest BCUT2D eigenvalue weighted by Gasteiger charge is -2.24. The largest absolute Gasteiger partial charge is 0.396 e. The summed E-state index contributed by atoms with van der Waals surface area (Å²) in [5, 5.41) is 9.21. The van der Waals surface area contributed by atoms with E-state index in [0.717, 1.165) is 18.7 Å². The number of aliphatic hydroxyl groups is 1. The van der Waals surface area contributed by atoms with E-state index in [1.54, 1.807) is 0 Å². The lowest BCUT2D eigenvalue weighted by Crippen LogP contribution is -2.26. The summed E-state index contributed by atoms with van der Waals surface area (Å²) in [5.41, 5.74) is 1.22. The first kappa shape index (κ1) is 14.4. The molecule has 3 heteroatoms. The predicted octanol–water partition coefficient (Wildman–Crippen LogP) is 3.25. The Morgan fingerprint density at radius 2 is 1.88 bits per heavy atom. The second-order valence-corrected chi connectivity index (χ2v) is 5.60. The molecular weight excluding hydrogens is 230 g/mol. The molecule has 1 rings (SSSR count). The maximum Gasteiger partial charge on any atom is 0.0476 e. The second-order valence-electron chi connectivity index (χ2n) is 4.26. The van der Waals surface area contributed by atoms with E-state index in [-0.39, 0.29) is 6.61 Å². The summed E-state index contributed by atoms with van der Waals surface area (Å²) in [4.78, 5) is 3.53. The lowest BCUT2D eigenvalue weighted by atomic mass is 10.1. The van der Waals surface area contributed by atoms with Gasteiger partial charge < -0.3 is 10.0 Å². The van der Waals surface area contributed by atoms with Gasteiger partial charge in [0.2, 0.25) is 0 Å². The van der Waals surface area contributed by atoms with Crippen molar-refractivity contribution in [2.24, 2.45) is 5.92 Å². The first-order chi connectivity index (χ1) is 8.21. The van der Waals surface area contributed by atoms with E-state index in [1.165, 1.54) is 10.6 Å². The summed E-state index contributed by atoms with van der Waals surface area (Å²) < 4.78 is 0. The zero-order chi connectivity index (χ0) is 12.7. The smallest absolute Gasteiger partial charge is 0.0476 e. The molecule has 1 aromatic rings. The van der Waals surface area contributed by atoms with Gasteiger partial charge in [-0.3, -0.25) is 0 Å². The van der Waals surface area contributed by atoms with Gasteiger partial charge >= 0.3 is 0 Å². The van der Waals surface area contributed by atoms with Gasteiger partial charge in [-0.1, -0.05) is 13.8 Å². The fourth-order valence-corrected chi connectivity index (χ4v) is 2.43. The van der Waals surface area contributed by atoms with Gasteiger partial charge in [-0.2, -0.15) is 0 Å². The number of hydrogen-bond acceptors (Lipinski definition) is 3. The third kappa shape index (κ3) is 4.60. The number of benzene rings is 1. The van der Waals surface area contributed by atoms with Gasteiger partial charge in [0.25, 0.3) is 0 Å². The Kier molecular flexibility index (Phi) is 6.45. The Morgan fingerprint density at radius 3 is 2.35 bits per heavy atom. The van der Waals surface area contributed by atoms with Crippen molar-refractivity contribution in [3.8, 4) is 0 Å². The Morgan fingerprint density at radius 1 is 1.24 bits per heavy atom. The van der Waals surface area contributed by atoms with Crippen LogP contribution in [0.2, 0.25) is 0 Å². The normalized spacial score (nSPS) is 12.5. The van der Waals surface area contributed by atoms with E-state index in [1.807, 2.05) is 11.8 Å². The molecule has 96 valence electrons. The van der Waals surface area contributed by atoms with Crippen molar-refractivity contribution in [3.63, 3.8) is 0 Å². The number of rotatable bonds is 7. The Labute approximate surface area is 109 Å². The van der Waals surface area contributed by atoms with Crippen LogP contribution in [0.4, 0.5) is 5.69 Å². The van der Waals surface area contributed by atoms with E-state index < -0.39 is 0 Å². The fourth-order valence-electron chi connectivity index (χ4n) is 1.77. The highest BCUT2D eigenvalue weighted by Crippen LogP contribution is 2.22. The maximum atomic E-state index is 9.21. The number of anilines is 1. The summed E-state index contributed by atoms with van der Waals surface area (Å²) in [5.74, 6) is 1.47. The van der Waals surface area contributed by atoms with Gasteiger partial charge in [-0.15, -0.1) is 11.8 Å². The molecule has 0 radical (unpaired) electrons. The third-order valence-corrected chi connectivity index (χ3v) is 3.85. The summed E-state index contributed by atoms with van der Waals surface area (Å²) in [6.07, 6.45) is 1.02. The minimum atomic E-state index is 0.268. The molecule has 0 aliphatic carbocycles. The number of hydrogen-bond donors (Lipinski definition) is 1. The van der Waals surface area contributed by atoms with Crippen LogP contribution in [0.25, 0.3) is 0 Å². The number of aliphatic hydroxyl groups excluding tert-OH is 1. The third-order valence-electron chi connectivity index (χ3n) is 2.96. The molecule has 0 amide bonds. The van der Waals surface area contributed by atoms with Crippen molar-refractivity contribution in [3.05, 3.63) is 24.3 Å². The van der Waals surface area contributed by atoms with Gasteiger partial charge in [0.05, 0.1) is 0 Å². The topological polar surface area (TPSA) is 23.5 Å². The SMILES string of the molecule is CCSc1ccc(N(C)CC(CC)CO)cc1. The highest BCUT2D eigenvalue weighted by atomic mass is 32.2. The number of thioether (sulfide) groups is 1. The average molecular weight is 253 g/mol. The number of nitrogens with zero attached hydrogens (tertiary/aromatic N) is 1. The molecule has 0 saturated heterocycles. The van der Waals surface area contributed by atoms with Crippen LogP contribution < -0.4 is 4.90 Å². The van der Waals surface area contributed by atoms with E-state index in [2.05, 4.69) is 50.1 Å². The van der Waals surface area contributed by atoms with E-state index >= 15 is 0 Å². The first-order valence-corrected chi connectivity index (χ1v) is 7.24. The Balaban J connectivity index is 2.59. The minimum Gasteiger partial charge on any atom is -0.396 e. The van der Waals surface area contributed by atoms with Gasteiger partial charge in [0.15, 0.2) is 0 Å². The molecule has 0 saturated carbocycles. The Bertz CT molecular complexity index is 309. The van der Waals surface area contributed by atoms with Crippen LogP contribution in [0.15, 0.2) is 29.2 Å². The summed E-state index contributed by atoms with van der Waals surface area (Å²) >= 11 is 1.86. The second kappa shape index (κ2) is 7.62. The van der Waals surface area contributed by atoms with Gasteiger partial charge in [-0.05, 0) is 42.4 Å². The highest BCUT2D eigenvalue weighted by Gasteiger charge is 2.09. The summed E-state index contributed by atoms with van der Waals surface area (Å²) in [6, 6.07) is 8.64. The standard InChI is InChI=1S/C14H23NOS/c1-4-12(11-16)10-15(3)13-6-8-14(9-7-13)17-5-2/h6-9,12,16H,4-5,10-11H2,1-3H3. The van der Waals surface area contributed by atoms with Crippen molar-refractivity contribution >= 4 is 17.4 Å². The predicted molar refractivity (Wildman–Crippen MR) is 77.0 cm³/mol. The van der Waals surface area contributed by atoms with Gasteiger partial charge in [0.1, 0.15) is 0 Å². The molecular formula is C14H23NOS. The lowest BCUT2D eigenvalue weighted by molar-refractivity contribution is 0.225. The van der Waals surface area contributed by atoms with Gasteiger partial charge in [-0.25, -0.2) is 0 Å². The molecule has 0 aliphatic rings. The van der Waals surface area contributed by atoms with Crippen molar-refractivity contribution < 1.29 is 5.11 Å². The molecule has 0 fully saturated rings. The maximum absolute atomic E-state index is 9.21. The van der Waals surface area contributed by atoms with Crippen LogP contribution in [0.5, 0.6) is 0 Å². The monoisotopic (exact) mass is 253 g/mol. The van der Waals surface area contributed by atoms with Gasteiger partial charge in [0, 0.05) is 30.8 Å². The molecule has 1 unspecified atom stereocenters. The van der Waals surface area contributed by atoms with Crippen molar-refractivity contribution in [1.82, 2.24) is 0 Å². The van der Waals surface area contributed by atoms with Crippen LogP contribution in [-0.2, 0) is 0 Å². The molecule has 1 atom stereocenters. The molecule has 0 spiro atoms. The zero-order valence-electron chi connectivity index (χ0n) is 11.0. The minimum absolute atomic E-state index is 0.268. The average Bonchev–Trinajstić information content (AvgIpc) is 2.37. The molecule has 2 nitrogen and oxygen atoms in total. The van der Waals surface area contributed by atoms with Crippen LogP contribution in [0.1, 0.15) is 20.3 Å². The molecule has 0 aromatic heterocycles. The van der Waals surface area contributed by atoms with Crippen molar-refractivity contribution in [1.29, 1.82) is 0 Å². The highest BCUT2D eigenvalue weighted by molar-refractivity contribution is 7.99. The van der Waals surface area contributed by atoms with Crippen LogP contribution >= 0.6 is 11.8 Å². The van der Waals surface area contributed by atoms with Crippen LogP contribution in [0.3, 0.4) is 0 Å². The molecule has 1 aromatic carbocycles. The zero-order valence-corrected chi connectivity index (χ0v) is 11.8. The summed E-state index contributed by atoms with van der Waals surface area (Å²) in [6.45, 7) is 5.46. The van der Waals surface area contributed by atoms with E-state index in [0.29, 0.717) is 5.92 Å². The quantitative estimate of drug-likeness (QED) is 0.755. The molecule has 1 N–H and O–H groups in total. The van der Waals surface area contributed by atoms with Crippen molar-refractivity contribution in [2.75, 3.05) is 30.9 Å². The van der Waals surface area contributed by atoms with E-state index in [9.17, 15) is 5.11 Å². The summed E-state index contributed by atoms with van der Waals surface area (Å²) in [7, 11) is 2.08. The Hall–Kier alpha value is -0.670. The molecule has 0 heterocycles. The van der Waals surface area contributed by atoms with Crippen LogP contribution in [-0.4, -0.2) is 31.1 Å². The molecule has 0 bridgehead atoms. The van der Waals surface area contributed by atoms with Crippen LogP contribution in [0, 0.1) is 5.92 Å². The molecule has 17 heavy (non-hydrogen) atoms. The fraction of sp³-hybridized carbons (Fsp3) is 0.571.